The van der Waals surface area contributed by atoms with Crippen molar-refractivity contribution in [2.24, 2.45) is 0 Å². The van der Waals surface area contributed by atoms with Gasteiger partial charge in [0.05, 0.1) is 11.5 Å². The fourth-order valence-corrected chi connectivity index (χ4v) is 1.91. The molecule has 0 aromatic heterocycles. The first kappa shape index (κ1) is 16.4. The van der Waals surface area contributed by atoms with E-state index < -0.39 is 22.1 Å². The number of hydrogen-bond acceptors (Lipinski definition) is 5. The number of nitrogens with zero attached hydrogens (tertiary/aromatic N) is 2. The van der Waals surface area contributed by atoms with E-state index in [1.165, 1.54) is 12.1 Å². The number of carbonyl (C=O) groups is 2. The van der Waals surface area contributed by atoms with Gasteiger partial charge in [-0.1, -0.05) is 6.07 Å². The number of aromatic carboxylic acids is 1. The Labute approximate surface area is 121 Å². The van der Waals surface area contributed by atoms with Crippen LogP contribution in [0.1, 0.15) is 24.2 Å². The summed E-state index contributed by atoms with van der Waals surface area (Å²) >= 11 is 0. The molecule has 0 aliphatic heterocycles. The molecule has 1 aromatic carbocycles. The first-order chi connectivity index (χ1) is 9.92. The summed E-state index contributed by atoms with van der Waals surface area (Å²) in [5, 5.41) is 22.7. The Hall–Kier alpha value is -2.64. The number of benzene rings is 1. The number of likely N-dealkylation sites (N-methyl/N-ethyl adjacent to an activating group) is 1. The lowest BCUT2D eigenvalue weighted by molar-refractivity contribution is -0.384. The Morgan fingerprint density at radius 3 is 2.43 bits per heavy atom. The topological polar surface area (TPSA) is 113 Å². The summed E-state index contributed by atoms with van der Waals surface area (Å²) in [7, 11) is 0. The van der Waals surface area contributed by atoms with E-state index >= 15 is 0 Å². The van der Waals surface area contributed by atoms with Crippen molar-refractivity contribution in [3.05, 3.63) is 33.9 Å². The van der Waals surface area contributed by atoms with Crippen LogP contribution in [0, 0.1) is 10.1 Å². The summed E-state index contributed by atoms with van der Waals surface area (Å²) < 4.78 is 0. The van der Waals surface area contributed by atoms with Gasteiger partial charge in [0.1, 0.15) is 11.3 Å². The van der Waals surface area contributed by atoms with Gasteiger partial charge in [0.25, 0.3) is 0 Å². The van der Waals surface area contributed by atoms with Gasteiger partial charge in [-0.2, -0.15) is 0 Å². The number of amides is 1. The first-order valence-electron chi connectivity index (χ1n) is 6.44. The first-order valence-corrected chi connectivity index (χ1v) is 6.44. The molecule has 114 valence electrons. The highest BCUT2D eigenvalue weighted by Crippen LogP contribution is 2.28. The molecule has 0 bridgehead atoms. The van der Waals surface area contributed by atoms with E-state index in [0.717, 1.165) is 6.07 Å². The molecule has 0 unspecified atom stereocenters. The number of carboxylic acid groups (broad SMARTS) is 1. The minimum atomic E-state index is -1.39. The molecule has 1 amide bonds. The van der Waals surface area contributed by atoms with E-state index in [1.54, 1.807) is 4.90 Å². The third kappa shape index (κ3) is 3.91. The third-order valence-corrected chi connectivity index (χ3v) is 3.00. The minimum Gasteiger partial charge on any atom is -0.477 e. The summed E-state index contributed by atoms with van der Waals surface area (Å²) in [6.45, 7) is 4.60. The van der Waals surface area contributed by atoms with Gasteiger partial charge in [0, 0.05) is 13.1 Å². The molecule has 8 heteroatoms. The summed E-state index contributed by atoms with van der Waals surface area (Å²) in [6.07, 6.45) is 0. The average molecular weight is 295 g/mol. The van der Waals surface area contributed by atoms with Crippen molar-refractivity contribution >= 4 is 23.3 Å². The zero-order valence-electron chi connectivity index (χ0n) is 11.8. The smallest absolute Gasteiger partial charge is 0.342 e. The van der Waals surface area contributed by atoms with Crippen molar-refractivity contribution in [3.63, 3.8) is 0 Å². The highest BCUT2D eigenvalue weighted by molar-refractivity contribution is 5.95. The average Bonchev–Trinajstić information content (AvgIpc) is 2.45. The number of nitro groups is 1. The maximum atomic E-state index is 11.9. The Morgan fingerprint density at radius 1 is 1.33 bits per heavy atom. The molecule has 21 heavy (non-hydrogen) atoms. The van der Waals surface area contributed by atoms with Crippen LogP contribution in [0.4, 0.5) is 11.4 Å². The predicted octanol–water partition coefficient (Wildman–Crippen LogP) is 1.57. The Morgan fingerprint density at radius 2 is 1.95 bits per heavy atom. The molecule has 1 rings (SSSR count). The molecule has 0 saturated carbocycles. The molecule has 0 atom stereocenters. The second kappa shape index (κ2) is 7.22. The number of nitro benzene ring substituents is 1. The molecule has 0 radical (unpaired) electrons. The number of rotatable bonds is 7. The van der Waals surface area contributed by atoms with Crippen molar-refractivity contribution in [3.8, 4) is 0 Å². The SMILES string of the molecule is CCN(CC)C(=O)CNc1cccc(C(=O)O)c1[N+](=O)[O-]. The molecule has 0 aliphatic rings. The van der Waals surface area contributed by atoms with Gasteiger partial charge in [-0.15, -0.1) is 0 Å². The van der Waals surface area contributed by atoms with Crippen LogP contribution in [0.2, 0.25) is 0 Å². The third-order valence-electron chi connectivity index (χ3n) is 3.00. The van der Waals surface area contributed by atoms with E-state index in [0.29, 0.717) is 13.1 Å². The van der Waals surface area contributed by atoms with Gasteiger partial charge < -0.3 is 15.3 Å². The molecule has 2 N–H and O–H groups in total. The predicted molar refractivity (Wildman–Crippen MR) is 76.5 cm³/mol. The summed E-state index contributed by atoms with van der Waals surface area (Å²) in [5.41, 5.74) is -0.946. The molecular formula is C13H17N3O5. The minimum absolute atomic E-state index is 0.0143. The van der Waals surface area contributed by atoms with Crippen molar-refractivity contribution in [2.75, 3.05) is 25.0 Å². The van der Waals surface area contributed by atoms with Gasteiger partial charge in [-0.05, 0) is 26.0 Å². The van der Waals surface area contributed by atoms with Gasteiger partial charge in [-0.3, -0.25) is 14.9 Å². The number of hydrogen-bond donors (Lipinski definition) is 2. The number of nitrogens with one attached hydrogen (secondary N) is 1. The molecule has 0 saturated heterocycles. The van der Waals surface area contributed by atoms with Crippen LogP contribution in [0.5, 0.6) is 0 Å². The molecule has 0 heterocycles. The van der Waals surface area contributed by atoms with E-state index in [1.807, 2.05) is 13.8 Å². The van der Waals surface area contributed by atoms with E-state index in [9.17, 15) is 19.7 Å². The quantitative estimate of drug-likeness (QED) is 0.583. The largest absolute Gasteiger partial charge is 0.477 e. The Bertz CT molecular complexity index is 555. The summed E-state index contributed by atoms with van der Waals surface area (Å²) in [4.78, 5) is 34.7. The summed E-state index contributed by atoms with van der Waals surface area (Å²) in [6, 6.07) is 3.92. The van der Waals surface area contributed by atoms with Crippen LogP contribution in [0.3, 0.4) is 0 Å². The number of carbonyl (C=O) groups excluding carboxylic acids is 1. The fraction of sp³-hybridized carbons (Fsp3) is 0.385. The van der Waals surface area contributed by atoms with Gasteiger partial charge >= 0.3 is 11.7 Å². The van der Waals surface area contributed by atoms with E-state index in [-0.39, 0.29) is 18.1 Å². The van der Waals surface area contributed by atoms with E-state index in [4.69, 9.17) is 5.11 Å². The monoisotopic (exact) mass is 295 g/mol. The molecule has 0 spiro atoms. The second-order valence-corrected chi connectivity index (χ2v) is 4.18. The van der Waals surface area contributed by atoms with Crippen LogP contribution >= 0.6 is 0 Å². The normalized spacial score (nSPS) is 10.0. The Balaban J connectivity index is 2.99. The maximum absolute atomic E-state index is 11.9. The van der Waals surface area contributed by atoms with E-state index in [2.05, 4.69) is 5.32 Å². The highest BCUT2D eigenvalue weighted by atomic mass is 16.6. The van der Waals surface area contributed by atoms with Gasteiger partial charge in [0.2, 0.25) is 5.91 Å². The molecule has 1 aromatic rings. The number of para-hydroxylation sites is 1. The molecule has 0 fully saturated rings. The van der Waals surface area contributed by atoms with Crippen molar-refractivity contribution < 1.29 is 19.6 Å². The van der Waals surface area contributed by atoms with Crippen molar-refractivity contribution in [1.82, 2.24) is 4.90 Å². The molecule has 0 aliphatic carbocycles. The lowest BCUT2D eigenvalue weighted by atomic mass is 10.1. The van der Waals surface area contributed by atoms with Crippen LogP contribution in [0.15, 0.2) is 18.2 Å². The van der Waals surface area contributed by atoms with Crippen molar-refractivity contribution in [2.45, 2.75) is 13.8 Å². The number of carboxylic acids is 1. The van der Waals surface area contributed by atoms with Crippen LogP contribution in [-0.2, 0) is 4.79 Å². The van der Waals surface area contributed by atoms with Crippen molar-refractivity contribution in [1.29, 1.82) is 0 Å². The molecule has 8 nitrogen and oxygen atoms in total. The lowest BCUT2D eigenvalue weighted by Gasteiger charge is -2.19. The Kier molecular flexibility index (Phi) is 5.65. The van der Waals surface area contributed by atoms with Gasteiger partial charge in [0.15, 0.2) is 0 Å². The number of anilines is 1. The molecular weight excluding hydrogens is 278 g/mol. The highest BCUT2D eigenvalue weighted by Gasteiger charge is 2.24. The van der Waals surface area contributed by atoms with Crippen LogP contribution in [-0.4, -0.2) is 46.4 Å². The lowest BCUT2D eigenvalue weighted by Crippen LogP contribution is -2.35. The second-order valence-electron chi connectivity index (χ2n) is 4.18. The maximum Gasteiger partial charge on any atom is 0.342 e. The zero-order chi connectivity index (χ0) is 16.0. The van der Waals surface area contributed by atoms with Gasteiger partial charge in [-0.25, -0.2) is 4.79 Å². The zero-order valence-corrected chi connectivity index (χ0v) is 11.8. The van der Waals surface area contributed by atoms with Crippen LogP contribution in [0.25, 0.3) is 0 Å². The van der Waals surface area contributed by atoms with Crippen LogP contribution < -0.4 is 5.32 Å². The fourth-order valence-electron chi connectivity index (χ4n) is 1.91. The standard InChI is InChI=1S/C13H17N3O5/c1-3-15(4-2)11(17)8-14-10-7-5-6-9(13(18)19)12(10)16(20)21/h5-7,14H,3-4,8H2,1-2H3,(H,18,19). The summed E-state index contributed by atoms with van der Waals surface area (Å²) in [5.74, 6) is -1.60.